The Morgan fingerprint density at radius 2 is 1.73 bits per heavy atom. The molecular formula is C18H16NO3. The Morgan fingerprint density at radius 3 is 2.45 bits per heavy atom. The van der Waals surface area contributed by atoms with Crippen LogP contribution >= 0.6 is 0 Å². The highest BCUT2D eigenvalue weighted by Crippen LogP contribution is 2.27. The van der Waals surface area contributed by atoms with Crippen molar-refractivity contribution in [3.63, 3.8) is 0 Å². The fourth-order valence-corrected chi connectivity index (χ4v) is 2.83. The van der Waals surface area contributed by atoms with Crippen LogP contribution in [0.4, 0.5) is 0 Å². The summed E-state index contributed by atoms with van der Waals surface area (Å²) in [6, 6.07) is 14.1. The highest BCUT2D eigenvalue weighted by Gasteiger charge is 2.29. The first kappa shape index (κ1) is 14.3. The number of carbonyl (C=O) groups excluding carboxylic acids is 2. The van der Waals surface area contributed by atoms with Crippen LogP contribution in [0.15, 0.2) is 48.5 Å². The molecular weight excluding hydrogens is 278 g/mol. The molecule has 1 radical (unpaired) electrons. The number of rotatable bonds is 4. The van der Waals surface area contributed by atoms with E-state index < -0.39 is 17.8 Å². The summed E-state index contributed by atoms with van der Waals surface area (Å²) >= 11 is 0. The molecule has 0 heterocycles. The van der Waals surface area contributed by atoms with Crippen LogP contribution in [0, 0.1) is 0 Å². The van der Waals surface area contributed by atoms with Crippen LogP contribution in [0.2, 0.25) is 0 Å². The Balaban J connectivity index is 1.81. The van der Waals surface area contributed by atoms with Crippen molar-refractivity contribution in [2.24, 2.45) is 0 Å². The first-order chi connectivity index (χ1) is 10.6. The van der Waals surface area contributed by atoms with Gasteiger partial charge in [0.25, 0.3) is 5.91 Å². The minimum Gasteiger partial charge on any atom is -0.426 e. The van der Waals surface area contributed by atoms with Crippen molar-refractivity contribution in [1.82, 2.24) is 5.73 Å². The maximum absolute atomic E-state index is 12.3. The van der Waals surface area contributed by atoms with E-state index in [1.165, 1.54) is 11.1 Å². The van der Waals surface area contributed by atoms with Gasteiger partial charge in [-0.25, -0.2) is 0 Å². The SMILES string of the molecule is [NH]C(=O)C(C(=O)Oc1ccc2c(c1)CCC2)c1ccccc1. The van der Waals surface area contributed by atoms with Gasteiger partial charge < -0.3 is 4.74 Å². The second kappa shape index (κ2) is 6.02. The lowest BCUT2D eigenvalue weighted by molar-refractivity contribution is -0.140. The molecule has 2 aromatic rings. The number of nitrogens with one attached hydrogen (secondary N) is 1. The highest BCUT2D eigenvalue weighted by molar-refractivity contribution is 6.03. The van der Waals surface area contributed by atoms with Gasteiger partial charge in [0.2, 0.25) is 0 Å². The molecule has 0 saturated heterocycles. The van der Waals surface area contributed by atoms with Crippen LogP contribution < -0.4 is 10.5 Å². The molecule has 0 fully saturated rings. The number of hydrogen-bond acceptors (Lipinski definition) is 3. The average molecular weight is 294 g/mol. The average Bonchev–Trinajstić information content (AvgIpc) is 2.95. The molecule has 3 rings (SSSR count). The first-order valence-electron chi connectivity index (χ1n) is 7.29. The van der Waals surface area contributed by atoms with Gasteiger partial charge in [-0.15, -0.1) is 0 Å². The van der Waals surface area contributed by atoms with E-state index in [9.17, 15) is 9.59 Å². The van der Waals surface area contributed by atoms with Crippen molar-refractivity contribution >= 4 is 11.9 Å². The van der Waals surface area contributed by atoms with E-state index in [0.29, 0.717) is 11.3 Å². The fourth-order valence-electron chi connectivity index (χ4n) is 2.83. The van der Waals surface area contributed by atoms with E-state index in [1.54, 1.807) is 36.4 Å². The molecule has 1 amide bonds. The topological polar surface area (TPSA) is 67.2 Å². The van der Waals surface area contributed by atoms with Gasteiger partial charge in [0.15, 0.2) is 5.92 Å². The maximum Gasteiger partial charge on any atom is 0.328 e. The van der Waals surface area contributed by atoms with Gasteiger partial charge in [-0.05, 0) is 48.1 Å². The Kier molecular flexibility index (Phi) is 3.92. The quantitative estimate of drug-likeness (QED) is 0.494. The number of esters is 1. The van der Waals surface area contributed by atoms with E-state index in [-0.39, 0.29) is 0 Å². The molecule has 4 nitrogen and oxygen atoms in total. The van der Waals surface area contributed by atoms with Gasteiger partial charge in [0, 0.05) is 0 Å². The van der Waals surface area contributed by atoms with E-state index in [4.69, 9.17) is 10.5 Å². The number of aryl methyl sites for hydroxylation is 2. The third-order valence-corrected chi connectivity index (χ3v) is 3.92. The molecule has 1 unspecified atom stereocenters. The van der Waals surface area contributed by atoms with Gasteiger partial charge in [-0.1, -0.05) is 36.4 Å². The largest absolute Gasteiger partial charge is 0.426 e. The van der Waals surface area contributed by atoms with Crippen molar-refractivity contribution in [3.05, 3.63) is 65.2 Å². The molecule has 111 valence electrons. The zero-order valence-corrected chi connectivity index (χ0v) is 12.0. The van der Waals surface area contributed by atoms with Crippen LogP contribution in [0.1, 0.15) is 29.0 Å². The molecule has 0 bridgehead atoms. The fraction of sp³-hybridized carbons (Fsp3) is 0.222. The van der Waals surface area contributed by atoms with Crippen molar-refractivity contribution in [2.45, 2.75) is 25.2 Å². The minimum atomic E-state index is -1.20. The highest BCUT2D eigenvalue weighted by atomic mass is 16.5. The Morgan fingerprint density at radius 1 is 1.00 bits per heavy atom. The zero-order chi connectivity index (χ0) is 15.5. The standard InChI is InChI=1S/C18H16NO3/c19-17(20)16(13-5-2-1-3-6-13)18(21)22-15-10-9-12-7-4-8-14(12)11-15/h1-3,5-6,9-11,16,19H,4,7-8H2. The summed E-state index contributed by atoms with van der Waals surface area (Å²) in [7, 11) is 0. The summed E-state index contributed by atoms with van der Waals surface area (Å²) in [5.41, 5.74) is 10.3. The number of ether oxygens (including phenoxy) is 1. The third kappa shape index (κ3) is 2.86. The molecule has 1 N–H and O–H groups in total. The summed E-state index contributed by atoms with van der Waals surface area (Å²) in [6.45, 7) is 0. The summed E-state index contributed by atoms with van der Waals surface area (Å²) in [5.74, 6) is -2.43. The van der Waals surface area contributed by atoms with Gasteiger partial charge in [0.1, 0.15) is 5.75 Å². The van der Waals surface area contributed by atoms with Crippen molar-refractivity contribution in [3.8, 4) is 5.75 Å². The van der Waals surface area contributed by atoms with E-state index >= 15 is 0 Å². The van der Waals surface area contributed by atoms with E-state index in [1.807, 2.05) is 12.1 Å². The smallest absolute Gasteiger partial charge is 0.328 e. The molecule has 0 spiro atoms. The molecule has 22 heavy (non-hydrogen) atoms. The second-order valence-electron chi connectivity index (χ2n) is 5.41. The van der Waals surface area contributed by atoms with Gasteiger partial charge >= 0.3 is 5.97 Å². The normalized spacial score (nSPS) is 14.2. The molecule has 0 aliphatic heterocycles. The van der Waals surface area contributed by atoms with Crippen LogP contribution in [0.3, 0.4) is 0 Å². The van der Waals surface area contributed by atoms with Crippen molar-refractivity contribution in [2.75, 3.05) is 0 Å². The molecule has 4 heteroatoms. The predicted octanol–water partition coefficient (Wildman–Crippen LogP) is 2.67. The maximum atomic E-state index is 12.3. The van der Waals surface area contributed by atoms with Gasteiger partial charge in [0.05, 0.1) is 0 Å². The molecule has 1 aliphatic carbocycles. The Bertz CT molecular complexity index is 710. The van der Waals surface area contributed by atoms with Crippen LogP contribution in [-0.2, 0) is 22.4 Å². The number of amides is 1. The summed E-state index contributed by atoms with van der Waals surface area (Å²) in [4.78, 5) is 23.8. The lowest BCUT2D eigenvalue weighted by Gasteiger charge is -2.13. The number of benzene rings is 2. The molecule has 1 aliphatic rings. The van der Waals surface area contributed by atoms with E-state index in [0.717, 1.165) is 19.3 Å². The second-order valence-corrected chi connectivity index (χ2v) is 5.41. The molecule has 0 aromatic heterocycles. The summed E-state index contributed by atoms with van der Waals surface area (Å²) in [6.07, 6.45) is 3.16. The number of hydrogen-bond donors (Lipinski definition) is 0. The number of fused-ring (bicyclic) bond motifs is 1. The summed E-state index contributed by atoms with van der Waals surface area (Å²) in [5, 5.41) is 0. The first-order valence-corrected chi connectivity index (χ1v) is 7.29. The van der Waals surface area contributed by atoms with Crippen LogP contribution in [0.5, 0.6) is 5.75 Å². The predicted molar refractivity (Wildman–Crippen MR) is 81.4 cm³/mol. The van der Waals surface area contributed by atoms with Crippen molar-refractivity contribution < 1.29 is 14.3 Å². The Hall–Kier alpha value is -2.62. The van der Waals surface area contributed by atoms with Crippen LogP contribution in [0.25, 0.3) is 0 Å². The van der Waals surface area contributed by atoms with Gasteiger partial charge in [-0.3, -0.25) is 15.3 Å². The lowest BCUT2D eigenvalue weighted by Crippen LogP contribution is -2.26. The Labute approximate surface area is 128 Å². The van der Waals surface area contributed by atoms with Gasteiger partial charge in [-0.2, -0.15) is 0 Å². The van der Waals surface area contributed by atoms with E-state index in [2.05, 4.69) is 0 Å². The molecule has 2 aromatic carbocycles. The monoisotopic (exact) mass is 294 g/mol. The third-order valence-electron chi connectivity index (χ3n) is 3.92. The molecule has 0 saturated carbocycles. The zero-order valence-electron chi connectivity index (χ0n) is 12.0. The number of carbonyl (C=O) groups is 2. The van der Waals surface area contributed by atoms with Crippen molar-refractivity contribution in [1.29, 1.82) is 0 Å². The molecule has 1 atom stereocenters. The van der Waals surface area contributed by atoms with Crippen LogP contribution in [-0.4, -0.2) is 11.9 Å². The summed E-state index contributed by atoms with van der Waals surface area (Å²) < 4.78 is 5.34. The lowest BCUT2D eigenvalue weighted by atomic mass is 9.99. The minimum absolute atomic E-state index is 0.438.